The molecule has 0 aliphatic heterocycles. The van der Waals surface area contributed by atoms with Crippen LogP contribution in [0.4, 0.5) is 32.0 Å². The summed E-state index contributed by atoms with van der Waals surface area (Å²) in [6.07, 6.45) is -4.15. The van der Waals surface area contributed by atoms with Crippen LogP contribution in [-0.2, 0) is 12.1 Å². The standard InChI is InChI=1S/C25H22F6N4O/c1-4-16-12-19(24(28,25(29,30)31)23(26,27)5-2)11-15(3)21(16)34-22(36)17-7-8-18(14-32)20(13-17)35-10-6-9-33-35/h6-13H,4-5H2,1-3H3,(H,34,36). The number of carbonyl (C=O) groups is 1. The average molecular weight is 508 g/mol. The maximum Gasteiger partial charge on any atom is 0.432 e. The highest BCUT2D eigenvalue weighted by molar-refractivity contribution is 6.05. The van der Waals surface area contributed by atoms with Crippen LogP contribution in [0.25, 0.3) is 5.69 Å². The minimum atomic E-state index is -5.87. The van der Waals surface area contributed by atoms with Gasteiger partial charge in [-0.15, -0.1) is 0 Å². The van der Waals surface area contributed by atoms with Crippen LogP contribution in [0, 0.1) is 18.3 Å². The molecule has 2 aromatic carbocycles. The molecule has 0 bridgehead atoms. The maximum absolute atomic E-state index is 15.2. The first-order valence-electron chi connectivity index (χ1n) is 10.9. The fraction of sp³-hybridized carbons (Fsp3) is 0.320. The van der Waals surface area contributed by atoms with Gasteiger partial charge in [0.1, 0.15) is 6.07 Å². The van der Waals surface area contributed by atoms with Crippen molar-refractivity contribution in [3.8, 4) is 11.8 Å². The molecular weight excluding hydrogens is 486 g/mol. The number of halogens is 6. The van der Waals surface area contributed by atoms with E-state index in [0.717, 1.165) is 6.92 Å². The highest BCUT2D eigenvalue weighted by Gasteiger charge is 2.71. The van der Waals surface area contributed by atoms with E-state index >= 15 is 4.39 Å². The smallest absolute Gasteiger partial charge is 0.321 e. The summed E-state index contributed by atoms with van der Waals surface area (Å²) >= 11 is 0. The van der Waals surface area contributed by atoms with Crippen LogP contribution in [0.3, 0.4) is 0 Å². The number of hydrogen-bond acceptors (Lipinski definition) is 3. The number of rotatable bonds is 7. The molecule has 0 radical (unpaired) electrons. The summed E-state index contributed by atoms with van der Waals surface area (Å²) in [4.78, 5) is 13.0. The van der Waals surface area contributed by atoms with E-state index in [9.17, 15) is 32.0 Å². The Kier molecular flexibility index (Phi) is 7.20. The summed E-state index contributed by atoms with van der Waals surface area (Å²) in [5, 5.41) is 16.0. The number of nitrogens with zero attached hydrogens (tertiary/aromatic N) is 3. The number of alkyl halides is 6. The van der Waals surface area contributed by atoms with Gasteiger partial charge in [0.05, 0.1) is 11.3 Å². The van der Waals surface area contributed by atoms with Gasteiger partial charge in [-0.25, -0.2) is 17.9 Å². The summed E-state index contributed by atoms with van der Waals surface area (Å²) in [5.74, 6) is -5.38. The summed E-state index contributed by atoms with van der Waals surface area (Å²) in [6.45, 7) is 3.61. The highest BCUT2D eigenvalue weighted by Crippen LogP contribution is 2.54. The number of benzene rings is 2. The van der Waals surface area contributed by atoms with Crippen LogP contribution < -0.4 is 5.32 Å². The molecule has 0 saturated carbocycles. The van der Waals surface area contributed by atoms with E-state index in [1.54, 1.807) is 12.3 Å². The second-order valence-electron chi connectivity index (χ2n) is 8.14. The molecule has 11 heteroatoms. The predicted molar refractivity (Wildman–Crippen MR) is 121 cm³/mol. The maximum atomic E-state index is 15.2. The molecule has 0 saturated heterocycles. The molecule has 0 aliphatic rings. The number of aromatic nitrogens is 2. The van der Waals surface area contributed by atoms with E-state index in [-0.39, 0.29) is 34.4 Å². The van der Waals surface area contributed by atoms with Gasteiger partial charge < -0.3 is 5.32 Å². The Morgan fingerprint density at radius 1 is 1.11 bits per heavy atom. The van der Waals surface area contributed by atoms with Gasteiger partial charge in [-0.3, -0.25) is 4.79 Å². The fourth-order valence-corrected chi connectivity index (χ4v) is 3.90. The second-order valence-corrected chi connectivity index (χ2v) is 8.14. The normalized spacial score (nSPS) is 13.7. The zero-order chi connectivity index (χ0) is 26.9. The summed E-state index contributed by atoms with van der Waals surface area (Å²) in [5.41, 5.74) is -5.33. The molecule has 1 aromatic heterocycles. The minimum absolute atomic E-state index is 0.0168. The first-order valence-corrected chi connectivity index (χ1v) is 10.9. The highest BCUT2D eigenvalue weighted by atomic mass is 19.4. The lowest BCUT2D eigenvalue weighted by atomic mass is 9.84. The third-order valence-electron chi connectivity index (χ3n) is 5.90. The molecule has 3 rings (SSSR count). The van der Waals surface area contributed by atoms with Crippen LogP contribution >= 0.6 is 0 Å². The van der Waals surface area contributed by atoms with Crippen LogP contribution in [0.5, 0.6) is 0 Å². The van der Waals surface area contributed by atoms with Crippen molar-refractivity contribution in [2.45, 2.75) is 51.4 Å². The zero-order valence-electron chi connectivity index (χ0n) is 19.6. The first kappa shape index (κ1) is 26.8. The minimum Gasteiger partial charge on any atom is -0.321 e. The topological polar surface area (TPSA) is 70.7 Å². The molecule has 1 amide bonds. The van der Waals surface area contributed by atoms with Crippen molar-refractivity contribution >= 4 is 11.6 Å². The monoisotopic (exact) mass is 508 g/mol. The van der Waals surface area contributed by atoms with E-state index in [1.807, 2.05) is 6.07 Å². The second kappa shape index (κ2) is 9.68. The first-order chi connectivity index (χ1) is 16.8. The molecule has 5 nitrogen and oxygen atoms in total. The van der Waals surface area contributed by atoms with Crippen LogP contribution in [0.2, 0.25) is 0 Å². The molecule has 0 fully saturated rings. The Balaban J connectivity index is 2.05. The number of hydrogen-bond donors (Lipinski definition) is 1. The van der Waals surface area contributed by atoms with Crippen molar-refractivity contribution < 1.29 is 31.1 Å². The van der Waals surface area contributed by atoms with Gasteiger partial charge >= 0.3 is 6.18 Å². The Hall–Kier alpha value is -3.81. The quantitative estimate of drug-likeness (QED) is 0.364. The molecule has 1 heterocycles. The Bertz CT molecular complexity index is 1310. The van der Waals surface area contributed by atoms with Crippen LogP contribution in [0.15, 0.2) is 48.8 Å². The van der Waals surface area contributed by atoms with Gasteiger partial charge in [0, 0.05) is 35.6 Å². The Labute approximate surface area is 203 Å². The number of nitriles is 1. The lowest BCUT2D eigenvalue weighted by molar-refractivity contribution is -0.310. The molecule has 36 heavy (non-hydrogen) atoms. The number of aryl methyl sites for hydroxylation is 2. The fourth-order valence-electron chi connectivity index (χ4n) is 3.90. The molecule has 1 unspecified atom stereocenters. The zero-order valence-corrected chi connectivity index (χ0v) is 19.6. The lowest BCUT2D eigenvalue weighted by Crippen LogP contribution is -2.52. The summed E-state index contributed by atoms with van der Waals surface area (Å²) < 4.78 is 86.1. The van der Waals surface area contributed by atoms with Crippen molar-refractivity contribution in [1.29, 1.82) is 5.26 Å². The van der Waals surface area contributed by atoms with Gasteiger partial charge in [0.25, 0.3) is 17.5 Å². The van der Waals surface area contributed by atoms with E-state index in [2.05, 4.69) is 10.4 Å². The third kappa shape index (κ3) is 4.55. The van der Waals surface area contributed by atoms with Crippen molar-refractivity contribution in [2.24, 2.45) is 0 Å². The Morgan fingerprint density at radius 2 is 1.81 bits per heavy atom. The molecule has 3 aromatic rings. The number of carbonyl (C=O) groups excluding carboxylic acids is 1. The predicted octanol–water partition coefficient (Wildman–Crippen LogP) is 6.64. The number of amides is 1. The van der Waals surface area contributed by atoms with E-state index < -0.39 is 35.7 Å². The molecule has 1 atom stereocenters. The van der Waals surface area contributed by atoms with Crippen molar-refractivity contribution in [3.63, 3.8) is 0 Å². The molecule has 0 aliphatic carbocycles. The SMILES string of the molecule is CCc1cc(C(F)(C(F)(F)F)C(F)(F)CC)cc(C)c1NC(=O)c1ccc(C#N)c(-n2cccn2)c1. The van der Waals surface area contributed by atoms with E-state index in [1.165, 1.54) is 42.9 Å². The van der Waals surface area contributed by atoms with E-state index in [4.69, 9.17) is 0 Å². The number of anilines is 1. The largest absolute Gasteiger partial charge is 0.432 e. The summed E-state index contributed by atoms with van der Waals surface area (Å²) in [7, 11) is 0. The molecular formula is C25H22F6N4O. The number of nitrogens with one attached hydrogen (secondary N) is 1. The molecule has 1 N–H and O–H groups in total. The van der Waals surface area contributed by atoms with Crippen molar-refractivity contribution in [2.75, 3.05) is 5.32 Å². The van der Waals surface area contributed by atoms with Crippen LogP contribution in [0.1, 0.15) is 52.9 Å². The third-order valence-corrected chi connectivity index (χ3v) is 5.90. The van der Waals surface area contributed by atoms with Crippen LogP contribution in [-0.4, -0.2) is 27.8 Å². The summed E-state index contributed by atoms with van der Waals surface area (Å²) in [6, 6.07) is 9.22. The van der Waals surface area contributed by atoms with Gasteiger partial charge in [-0.05, 0) is 54.8 Å². The molecule has 190 valence electrons. The van der Waals surface area contributed by atoms with Gasteiger partial charge in [0.2, 0.25) is 0 Å². The van der Waals surface area contributed by atoms with Gasteiger partial charge in [-0.2, -0.15) is 23.5 Å². The van der Waals surface area contributed by atoms with E-state index in [0.29, 0.717) is 17.8 Å². The molecule has 0 spiro atoms. The Morgan fingerprint density at radius 3 is 2.33 bits per heavy atom. The van der Waals surface area contributed by atoms with Gasteiger partial charge in [-0.1, -0.05) is 19.9 Å². The van der Waals surface area contributed by atoms with Crippen molar-refractivity contribution in [1.82, 2.24) is 9.78 Å². The van der Waals surface area contributed by atoms with Gasteiger partial charge in [0.15, 0.2) is 0 Å². The average Bonchev–Trinajstić information content (AvgIpc) is 3.38. The lowest BCUT2D eigenvalue weighted by Gasteiger charge is -2.35. The van der Waals surface area contributed by atoms with Crippen molar-refractivity contribution in [3.05, 3.63) is 76.6 Å².